The molecular formula is C20H19NO2S2. The molecule has 2 aromatic heterocycles. The molecule has 3 rings (SSSR count). The highest BCUT2D eigenvalue weighted by Crippen LogP contribution is 2.19. The molecule has 3 nitrogen and oxygen atoms in total. The Bertz CT molecular complexity index is 823. The fraction of sp³-hybridized carbons (Fsp3) is 0.150. The summed E-state index contributed by atoms with van der Waals surface area (Å²) in [6.07, 6.45) is 4.25. The van der Waals surface area contributed by atoms with Crippen molar-refractivity contribution in [3.05, 3.63) is 80.7 Å². The highest BCUT2D eigenvalue weighted by atomic mass is 32.1. The standard InChI is InChI=1S/C20H19NO2S2/c22-19-6-2-1-4-17(19)14-21(11-9-18-5-3-12-25-18)20(23)8-7-16-10-13-24-15-16/h1-8,10,12-13,15,22H,9,11,14H2. The molecule has 25 heavy (non-hydrogen) atoms. The van der Waals surface area contributed by atoms with Gasteiger partial charge in [-0.1, -0.05) is 24.3 Å². The van der Waals surface area contributed by atoms with Crippen molar-refractivity contribution in [2.45, 2.75) is 13.0 Å². The number of phenols is 1. The van der Waals surface area contributed by atoms with E-state index >= 15 is 0 Å². The van der Waals surface area contributed by atoms with Gasteiger partial charge in [-0.05, 0) is 52.4 Å². The summed E-state index contributed by atoms with van der Waals surface area (Å²) in [4.78, 5) is 15.7. The third kappa shape index (κ3) is 5.05. The summed E-state index contributed by atoms with van der Waals surface area (Å²) in [5, 5.41) is 16.1. The van der Waals surface area contributed by atoms with Crippen LogP contribution in [0.4, 0.5) is 0 Å². The van der Waals surface area contributed by atoms with Gasteiger partial charge in [-0.15, -0.1) is 11.3 Å². The van der Waals surface area contributed by atoms with Gasteiger partial charge in [0.15, 0.2) is 0 Å². The summed E-state index contributed by atoms with van der Waals surface area (Å²) in [7, 11) is 0. The molecule has 1 aromatic carbocycles. The predicted molar refractivity (Wildman–Crippen MR) is 105 cm³/mol. The van der Waals surface area contributed by atoms with Crippen LogP contribution in [0.1, 0.15) is 16.0 Å². The van der Waals surface area contributed by atoms with Crippen molar-refractivity contribution in [1.82, 2.24) is 4.90 Å². The molecule has 0 atom stereocenters. The lowest BCUT2D eigenvalue weighted by Gasteiger charge is -2.21. The summed E-state index contributed by atoms with van der Waals surface area (Å²) in [6.45, 7) is 1.01. The molecule has 0 fully saturated rings. The van der Waals surface area contributed by atoms with Crippen LogP contribution in [-0.2, 0) is 17.8 Å². The van der Waals surface area contributed by atoms with Gasteiger partial charge in [-0.25, -0.2) is 0 Å². The zero-order chi connectivity index (χ0) is 17.5. The summed E-state index contributed by atoms with van der Waals surface area (Å²) in [6, 6.07) is 13.2. The van der Waals surface area contributed by atoms with Crippen LogP contribution in [0, 0.1) is 0 Å². The van der Waals surface area contributed by atoms with Gasteiger partial charge < -0.3 is 10.0 Å². The molecule has 3 aromatic rings. The third-order valence-corrected chi connectivity index (χ3v) is 5.47. The normalized spacial score (nSPS) is 11.0. The van der Waals surface area contributed by atoms with Crippen molar-refractivity contribution >= 4 is 34.7 Å². The first kappa shape index (κ1) is 17.5. The van der Waals surface area contributed by atoms with Crippen molar-refractivity contribution in [2.24, 2.45) is 0 Å². The molecular weight excluding hydrogens is 350 g/mol. The van der Waals surface area contributed by atoms with Gasteiger partial charge in [0, 0.05) is 29.6 Å². The number of amides is 1. The van der Waals surface area contributed by atoms with Crippen LogP contribution in [0.15, 0.2) is 64.7 Å². The molecule has 0 saturated heterocycles. The number of benzene rings is 1. The fourth-order valence-electron chi connectivity index (χ4n) is 2.46. The summed E-state index contributed by atoms with van der Waals surface area (Å²) in [5.41, 5.74) is 1.78. The van der Waals surface area contributed by atoms with Gasteiger partial charge in [-0.3, -0.25) is 4.79 Å². The van der Waals surface area contributed by atoms with Crippen LogP contribution >= 0.6 is 22.7 Å². The monoisotopic (exact) mass is 369 g/mol. The van der Waals surface area contributed by atoms with E-state index in [2.05, 4.69) is 6.07 Å². The van der Waals surface area contributed by atoms with Crippen molar-refractivity contribution in [3.8, 4) is 5.75 Å². The fourth-order valence-corrected chi connectivity index (χ4v) is 3.79. The minimum atomic E-state index is -0.0500. The Labute approximate surface area is 155 Å². The van der Waals surface area contributed by atoms with Crippen LogP contribution in [0.5, 0.6) is 5.75 Å². The second-order valence-electron chi connectivity index (χ2n) is 5.61. The number of hydrogen-bond donors (Lipinski definition) is 1. The molecule has 1 amide bonds. The number of rotatable bonds is 7. The maximum atomic E-state index is 12.7. The number of thiophene rings is 2. The lowest BCUT2D eigenvalue weighted by atomic mass is 10.1. The zero-order valence-corrected chi connectivity index (χ0v) is 15.3. The van der Waals surface area contributed by atoms with E-state index in [1.807, 2.05) is 46.5 Å². The molecule has 0 spiro atoms. The Kier molecular flexibility index (Phi) is 6.04. The lowest BCUT2D eigenvalue weighted by molar-refractivity contribution is -0.126. The maximum absolute atomic E-state index is 12.7. The predicted octanol–water partition coefficient (Wildman–Crippen LogP) is 4.80. The van der Waals surface area contributed by atoms with E-state index in [4.69, 9.17) is 0 Å². The number of nitrogens with zero attached hydrogens (tertiary/aromatic N) is 1. The van der Waals surface area contributed by atoms with E-state index in [9.17, 15) is 9.90 Å². The second-order valence-corrected chi connectivity index (χ2v) is 7.42. The average molecular weight is 370 g/mol. The van der Waals surface area contributed by atoms with Crippen molar-refractivity contribution in [1.29, 1.82) is 0 Å². The number of phenolic OH excluding ortho intramolecular Hbond substituents is 1. The lowest BCUT2D eigenvalue weighted by Crippen LogP contribution is -2.31. The van der Waals surface area contributed by atoms with E-state index in [0.29, 0.717) is 13.1 Å². The van der Waals surface area contributed by atoms with Gasteiger partial charge in [0.2, 0.25) is 5.91 Å². The number of para-hydroxylation sites is 1. The van der Waals surface area contributed by atoms with Crippen molar-refractivity contribution in [3.63, 3.8) is 0 Å². The maximum Gasteiger partial charge on any atom is 0.246 e. The first-order valence-electron chi connectivity index (χ1n) is 8.01. The molecule has 0 radical (unpaired) electrons. The summed E-state index contributed by atoms with van der Waals surface area (Å²) in [5.74, 6) is 0.171. The molecule has 0 aliphatic carbocycles. The minimum absolute atomic E-state index is 0.0500. The Morgan fingerprint density at radius 3 is 2.72 bits per heavy atom. The smallest absolute Gasteiger partial charge is 0.246 e. The van der Waals surface area contributed by atoms with Crippen LogP contribution in [0.3, 0.4) is 0 Å². The molecule has 0 aliphatic heterocycles. The van der Waals surface area contributed by atoms with Crippen LogP contribution in [-0.4, -0.2) is 22.5 Å². The molecule has 2 heterocycles. The van der Waals surface area contributed by atoms with Crippen LogP contribution in [0.25, 0.3) is 6.08 Å². The summed E-state index contributed by atoms with van der Waals surface area (Å²) >= 11 is 3.30. The van der Waals surface area contributed by atoms with E-state index < -0.39 is 0 Å². The molecule has 0 saturated carbocycles. The van der Waals surface area contributed by atoms with Crippen LogP contribution < -0.4 is 0 Å². The number of carbonyl (C=O) groups is 1. The van der Waals surface area contributed by atoms with Crippen molar-refractivity contribution in [2.75, 3.05) is 6.54 Å². The first-order valence-corrected chi connectivity index (χ1v) is 9.83. The average Bonchev–Trinajstić information content (AvgIpc) is 3.31. The van der Waals surface area contributed by atoms with E-state index in [0.717, 1.165) is 17.5 Å². The largest absolute Gasteiger partial charge is 0.508 e. The van der Waals surface area contributed by atoms with Gasteiger partial charge in [0.25, 0.3) is 0 Å². The Morgan fingerprint density at radius 2 is 2.00 bits per heavy atom. The zero-order valence-electron chi connectivity index (χ0n) is 13.7. The third-order valence-electron chi connectivity index (χ3n) is 3.83. The molecule has 128 valence electrons. The molecule has 1 N–H and O–H groups in total. The van der Waals surface area contributed by atoms with Gasteiger partial charge in [0.05, 0.1) is 0 Å². The van der Waals surface area contributed by atoms with Crippen LogP contribution in [0.2, 0.25) is 0 Å². The van der Waals surface area contributed by atoms with Gasteiger partial charge in [0.1, 0.15) is 5.75 Å². The van der Waals surface area contributed by atoms with E-state index in [1.165, 1.54) is 4.88 Å². The van der Waals surface area contributed by atoms with E-state index in [1.54, 1.807) is 45.8 Å². The number of carbonyl (C=O) groups excluding carboxylic acids is 1. The molecule has 0 bridgehead atoms. The number of hydrogen-bond acceptors (Lipinski definition) is 4. The topological polar surface area (TPSA) is 40.5 Å². The second kappa shape index (κ2) is 8.65. The molecule has 0 unspecified atom stereocenters. The Morgan fingerprint density at radius 1 is 1.12 bits per heavy atom. The highest BCUT2D eigenvalue weighted by molar-refractivity contribution is 7.09. The highest BCUT2D eigenvalue weighted by Gasteiger charge is 2.14. The summed E-state index contributed by atoms with van der Waals surface area (Å²) < 4.78 is 0. The van der Waals surface area contributed by atoms with E-state index in [-0.39, 0.29) is 11.7 Å². The Balaban J connectivity index is 1.72. The van der Waals surface area contributed by atoms with Crippen molar-refractivity contribution < 1.29 is 9.90 Å². The molecule has 5 heteroatoms. The SMILES string of the molecule is O=C(C=Cc1ccsc1)N(CCc1cccs1)Cc1ccccc1O. The van der Waals surface area contributed by atoms with Gasteiger partial charge >= 0.3 is 0 Å². The first-order chi connectivity index (χ1) is 12.2. The minimum Gasteiger partial charge on any atom is -0.508 e. The molecule has 0 aliphatic rings. The Hall–Kier alpha value is -2.37. The van der Waals surface area contributed by atoms with Gasteiger partial charge in [-0.2, -0.15) is 11.3 Å². The number of aromatic hydroxyl groups is 1. The quantitative estimate of drug-likeness (QED) is 0.608.